The van der Waals surface area contributed by atoms with E-state index in [0.717, 1.165) is 0 Å². The summed E-state index contributed by atoms with van der Waals surface area (Å²) in [5.41, 5.74) is 0.180. The molecule has 23 heavy (non-hydrogen) atoms. The number of phenols is 1. The van der Waals surface area contributed by atoms with Crippen molar-refractivity contribution in [3.8, 4) is 5.75 Å². The van der Waals surface area contributed by atoms with Gasteiger partial charge in [0.2, 0.25) is 0 Å². The average molecular weight is 351 g/mol. The van der Waals surface area contributed by atoms with E-state index in [-0.39, 0.29) is 22.9 Å². The summed E-state index contributed by atoms with van der Waals surface area (Å²) in [6.45, 7) is 0. The molecule has 0 fully saturated rings. The Morgan fingerprint density at radius 2 is 1.87 bits per heavy atom. The third-order valence-electron chi connectivity index (χ3n) is 2.95. The second-order valence-electron chi connectivity index (χ2n) is 4.50. The van der Waals surface area contributed by atoms with Crippen LogP contribution in [-0.4, -0.2) is 25.6 Å². The summed E-state index contributed by atoms with van der Waals surface area (Å²) in [5, 5.41) is 27.5. The van der Waals surface area contributed by atoms with Crippen molar-refractivity contribution in [3.63, 3.8) is 0 Å². The molecule has 0 atom stereocenters. The van der Waals surface area contributed by atoms with E-state index in [1.165, 1.54) is 28.8 Å². The first kappa shape index (κ1) is 15.3. The van der Waals surface area contributed by atoms with Gasteiger partial charge in [-0.05, 0) is 30.3 Å². The van der Waals surface area contributed by atoms with Crippen molar-refractivity contribution < 1.29 is 15.0 Å². The average Bonchev–Trinajstić information content (AvgIpc) is 2.86. The van der Waals surface area contributed by atoms with E-state index in [0.29, 0.717) is 15.7 Å². The Morgan fingerprint density at radius 1 is 1.13 bits per heavy atom. The fourth-order valence-corrected chi connectivity index (χ4v) is 2.25. The Labute approximate surface area is 139 Å². The summed E-state index contributed by atoms with van der Waals surface area (Å²) in [6.07, 6.45) is 1.47. The Balaban J connectivity index is 2.16. The summed E-state index contributed by atoms with van der Waals surface area (Å²) in [6, 6.07) is 7.40. The van der Waals surface area contributed by atoms with Gasteiger partial charge in [0.15, 0.2) is 11.5 Å². The van der Waals surface area contributed by atoms with Crippen LogP contribution in [0.1, 0.15) is 10.5 Å². The molecule has 0 aliphatic heterocycles. The molecule has 0 unspecified atom stereocenters. The molecule has 0 amide bonds. The van der Waals surface area contributed by atoms with Gasteiger partial charge < -0.3 is 10.2 Å². The molecular weight excluding hydrogens is 343 g/mol. The van der Waals surface area contributed by atoms with Gasteiger partial charge in [0.25, 0.3) is 0 Å². The van der Waals surface area contributed by atoms with E-state index >= 15 is 0 Å². The standard InChI is InChI=1S/C14H8Cl2N4O3/c15-7-1-3-10(21)9(5-7)18-19-13-12(14(22)23)17-11-4-2-8(16)6-20(11)13/h1-6,21H,(H,22,23). The van der Waals surface area contributed by atoms with Gasteiger partial charge in [-0.1, -0.05) is 23.2 Å². The Kier molecular flexibility index (Phi) is 3.89. The van der Waals surface area contributed by atoms with Gasteiger partial charge in [0.1, 0.15) is 17.1 Å². The Bertz CT molecular complexity index is 953. The number of imidazole rings is 1. The van der Waals surface area contributed by atoms with Crippen LogP contribution in [0.3, 0.4) is 0 Å². The number of phenolic OH excluding ortho intramolecular Hbond substituents is 1. The van der Waals surface area contributed by atoms with Crippen LogP contribution >= 0.6 is 23.2 Å². The number of halogens is 2. The molecule has 0 aliphatic rings. The largest absolute Gasteiger partial charge is 0.506 e. The van der Waals surface area contributed by atoms with Crippen molar-refractivity contribution in [2.24, 2.45) is 10.2 Å². The SMILES string of the molecule is O=C(O)c1nc2ccc(Cl)cn2c1N=Nc1cc(Cl)ccc1O. The molecule has 2 N–H and O–H groups in total. The van der Waals surface area contributed by atoms with Crippen LogP contribution in [0.15, 0.2) is 46.8 Å². The van der Waals surface area contributed by atoms with Gasteiger partial charge in [-0.15, -0.1) is 10.2 Å². The number of aromatic carboxylic acids is 1. The maximum atomic E-state index is 11.3. The fraction of sp³-hybridized carbons (Fsp3) is 0. The number of benzene rings is 1. The van der Waals surface area contributed by atoms with E-state index in [1.54, 1.807) is 12.1 Å². The zero-order chi connectivity index (χ0) is 16.6. The first-order valence-electron chi connectivity index (χ1n) is 6.27. The van der Waals surface area contributed by atoms with Crippen LogP contribution in [0.4, 0.5) is 11.5 Å². The summed E-state index contributed by atoms with van der Waals surface area (Å²) < 4.78 is 1.40. The maximum absolute atomic E-state index is 11.3. The molecule has 0 saturated carbocycles. The molecular formula is C14H8Cl2N4O3. The molecule has 3 aromatic rings. The number of carbonyl (C=O) groups is 1. The minimum absolute atomic E-state index is 0.0191. The van der Waals surface area contributed by atoms with Gasteiger partial charge in [0.05, 0.1) is 5.02 Å². The second-order valence-corrected chi connectivity index (χ2v) is 5.37. The van der Waals surface area contributed by atoms with E-state index in [9.17, 15) is 15.0 Å². The summed E-state index contributed by atoms with van der Waals surface area (Å²) in [4.78, 5) is 15.3. The molecule has 0 saturated heterocycles. The molecule has 3 rings (SSSR count). The molecule has 1 aromatic carbocycles. The van der Waals surface area contributed by atoms with Crippen LogP contribution in [0, 0.1) is 0 Å². The number of pyridine rings is 1. The molecule has 2 aromatic heterocycles. The van der Waals surface area contributed by atoms with Crippen molar-refractivity contribution in [1.29, 1.82) is 0 Å². The van der Waals surface area contributed by atoms with E-state index in [1.807, 2.05) is 0 Å². The number of carboxylic acids is 1. The maximum Gasteiger partial charge on any atom is 0.358 e. The first-order valence-corrected chi connectivity index (χ1v) is 7.02. The van der Waals surface area contributed by atoms with Crippen molar-refractivity contribution >= 4 is 46.3 Å². The quantitative estimate of drug-likeness (QED) is 0.681. The number of hydrogen-bond donors (Lipinski definition) is 2. The van der Waals surface area contributed by atoms with Gasteiger partial charge >= 0.3 is 5.97 Å². The van der Waals surface area contributed by atoms with E-state index in [4.69, 9.17) is 23.2 Å². The van der Waals surface area contributed by atoms with Crippen molar-refractivity contribution in [3.05, 3.63) is 52.3 Å². The van der Waals surface area contributed by atoms with Gasteiger partial charge in [-0.3, -0.25) is 4.40 Å². The van der Waals surface area contributed by atoms with Crippen molar-refractivity contribution in [2.75, 3.05) is 0 Å². The number of carboxylic acid groups (broad SMARTS) is 1. The highest BCUT2D eigenvalue weighted by molar-refractivity contribution is 6.31. The summed E-state index contributed by atoms with van der Waals surface area (Å²) in [5.74, 6) is -1.41. The van der Waals surface area contributed by atoms with Crippen molar-refractivity contribution in [1.82, 2.24) is 9.38 Å². The zero-order valence-corrected chi connectivity index (χ0v) is 12.8. The number of aromatic nitrogens is 2. The van der Waals surface area contributed by atoms with Crippen molar-refractivity contribution in [2.45, 2.75) is 0 Å². The van der Waals surface area contributed by atoms with E-state index < -0.39 is 5.97 Å². The lowest BCUT2D eigenvalue weighted by Crippen LogP contribution is -1.96. The number of azo groups is 1. The highest BCUT2D eigenvalue weighted by Gasteiger charge is 2.18. The lowest BCUT2D eigenvalue weighted by molar-refractivity contribution is 0.0692. The molecule has 0 bridgehead atoms. The summed E-state index contributed by atoms with van der Waals surface area (Å²) >= 11 is 11.8. The third-order valence-corrected chi connectivity index (χ3v) is 3.41. The first-order chi connectivity index (χ1) is 11.0. The number of hydrogen-bond acceptors (Lipinski definition) is 5. The van der Waals surface area contributed by atoms with Crippen LogP contribution in [0.2, 0.25) is 10.0 Å². The highest BCUT2D eigenvalue weighted by atomic mass is 35.5. The lowest BCUT2D eigenvalue weighted by atomic mass is 10.3. The zero-order valence-electron chi connectivity index (χ0n) is 11.3. The number of fused-ring (bicyclic) bond motifs is 1. The normalized spacial score (nSPS) is 11.4. The van der Waals surface area contributed by atoms with Crippen LogP contribution in [-0.2, 0) is 0 Å². The molecule has 9 heteroatoms. The van der Waals surface area contributed by atoms with Crippen LogP contribution in [0.25, 0.3) is 5.65 Å². The predicted octanol–water partition coefficient (Wildman–Crippen LogP) is 4.46. The van der Waals surface area contributed by atoms with Crippen LogP contribution < -0.4 is 0 Å². The Hall–Kier alpha value is -2.64. The topological polar surface area (TPSA) is 99.5 Å². The minimum atomic E-state index is -1.26. The fourth-order valence-electron chi connectivity index (χ4n) is 1.92. The molecule has 116 valence electrons. The van der Waals surface area contributed by atoms with Gasteiger partial charge in [0, 0.05) is 11.2 Å². The third kappa shape index (κ3) is 2.96. The smallest absolute Gasteiger partial charge is 0.358 e. The summed E-state index contributed by atoms with van der Waals surface area (Å²) in [7, 11) is 0. The molecule has 0 radical (unpaired) electrons. The Morgan fingerprint density at radius 3 is 2.61 bits per heavy atom. The monoisotopic (exact) mass is 350 g/mol. The van der Waals surface area contributed by atoms with Crippen LogP contribution in [0.5, 0.6) is 5.75 Å². The molecule has 0 spiro atoms. The predicted molar refractivity (Wildman–Crippen MR) is 84.5 cm³/mol. The second kappa shape index (κ2) is 5.86. The molecule has 2 heterocycles. The minimum Gasteiger partial charge on any atom is -0.506 e. The van der Waals surface area contributed by atoms with E-state index in [2.05, 4.69) is 15.2 Å². The number of aromatic hydroxyl groups is 1. The number of rotatable bonds is 3. The lowest BCUT2D eigenvalue weighted by Gasteiger charge is -1.99. The van der Waals surface area contributed by atoms with Gasteiger partial charge in [-0.2, -0.15) is 0 Å². The molecule has 0 aliphatic carbocycles. The highest BCUT2D eigenvalue weighted by Crippen LogP contribution is 2.32. The van der Waals surface area contributed by atoms with Gasteiger partial charge in [-0.25, -0.2) is 9.78 Å². The number of nitrogens with zero attached hydrogens (tertiary/aromatic N) is 4. The molecule has 7 nitrogen and oxygen atoms in total.